The van der Waals surface area contributed by atoms with Crippen LogP contribution in [0, 0.1) is 0 Å². The van der Waals surface area contributed by atoms with Crippen molar-refractivity contribution in [3.05, 3.63) is 11.9 Å². The van der Waals surface area contributed by atoms with Gasteiger partial charge >= 0.3 is 0 Å². The summed E-state index contributed by atoms with van der Waals surface area (Å²) in [5.74, 6) is -2.95. The van der Waals surface area contributed by atoms with E-state index in [1.807, 2.05) is 0 Å². The molecule has 1 rings (SSSR count). The summed E-state index contributed by atoms with van der Waals surface area (Å²) in [5, 5.41) is 7.15. The number of halogens is 2. The van der Waals surface area contributed by atoms with Crippen molar-refractivity contribution in [1.29, 1.82) is 0 Å². The summed E-state index contributed by atoms with van der Waals surface area (Å²) in [6.07, 6.45) is 1.27. The molecule has 0 fully saturated rings. The summed E-state index contributed by atoms with van der Waals surface area (Å²) in [7, 11) is 0. The molecule has 0 aliphatic carbocycles. The monoisotopic (exact) mass is 190 g/mol. The number of nitrogens with two attached hydrogens (primary N) is 1. The van der Waals surface area contributed by atoms with Crippen LogP contribution in [0.2, 0.25) is 0 Å². The lowest BCUT2D eigenvalue weighted by atomic mass is 10.1. The molecule has 0 aliphatic rings. The predicted molar refractivity (Wildman–Crippen MR) is 43.2 cm³/mol. The lowest BCUT2D eigenvalue weighted by Crippen LogP contribution is -2.31. The first-order valence-corrected chi connectivity index (χ1v) is 3.98. The molecule has 74 valence electrons. The average Bonchev–Trinajstić information content (AvgIpc) is 2.48. The van der Waals surface area contributed by atoms with Crippen molar-refractivity contribution in [2.45, 2.75) is 32.4 Å². The molecule has 0 saturated heterocycles. The summed E-state index contributed by atoms with van der Waals surface area (Å²) in [5.41, 5.74) is 5.60. The standard InChI is InChI=1S/C7H12F2N4/c1-3-13-5(4-11-12-13)6(10)7(2,8)9/h4,6H,3,10H2,1-2H3. The summed E-state index contributed by atoms with van der Waals surface area (Å²) < 4.78 is 27.0. The maximum absolute atomic E-state index is 12.8. The number of hydrogen-bond donors (Lipinski definition) is 1. The third-order valence-corrected chi connectivity index (χ3v) is 1.81. The second-order valence-electron chi connectivity index (χ2n) is 2.91. The molecule has 1 unspecified atom stereocenters. The van der Waals surface area contributed by atoms with Gasteiger partial charge in [0.25, 0.3) is 5.92 Å². The Morgan fingerprint density at radius 3 is 2.77 bits per heavy atom. The summed E-state index contributed by atoms with van der Waals surface area (Å²) in [6, 6.07) is -1.34. The topological polar surface area (TPSA) is 56.7 Å². The minimum Gasteiger partial charge on any atom is -0.318 e. The Morgan fingerprint density at radius 2 is 2.31 bits per heavy atom. The quantitative estimate of drug-likeness (QED) is 0.772. The molecule has 2 N–H and O–H groups in total. The maximum Gasteiger partial charge on any atom is 0.265 e. The Hall–Kier alpha value is -1.04. The normalized spacial score (nSPS) is 14.5. The van der Waals surface area contributed by atoms with Gasteiger partial charge in [0.2, 0.25) is 0 Å². The third-order valence-electron chi connectivity index (χ3n) is 1.81. The van der Waals surface area contributed by atoms with Gasteiger partial charge in [-0.1, -0.05) is 5.21 Å². The van der Waals surface area contributed by atoms with E-state index in [9.17, 15) is 8.78 Å². The molecule has 1 aromatic heterocycles. The molecule has 1 atom stereocenters. The van der Waals surface area contributed by atoms with Crippen molar-refractivity contribution in [2.24, 2.45) is 5.73 Å². The van der Waals surface area contributed by atoms with E-state index in [4.69, 9.17) is 5.73 Å². The highest BCUT2D eigenvalue weighted by molar-refractivity contribution is 5.05. The number of rotatable bonds is 3. The first-order chi connectivity index (χ1) is 5.96. The van der Waals surface area contributed by atoms with Gasteiger partial charge in [-0.25, -0.2) is 13.5 Å². The molecule has 1 aromatic rings. The summed E-state index contributed by atoms with van der Waals surface area (Å²) >= 11 is 0. The highest BCUT2D eigenvalue weighted by atomic mass is 19.3. The van der Waals surface area contributed by atoms with Crippen LogP contribution in [0.15, 0.2) is 6.20 Å². The Balaban J connectivity index is 2.94. The second kappa shape index (κ2) is 3.37. The van der Waals surface area contributed by atoms with E-state index in [1.165, 1.54) is 10.9 Å². The van der Waals surface area contributed by atoms with E-state index in [0.29, 0.717) is 6.54 Å². The molecule has 0 radical (unpaired) electrons. The number of nitrogens with zero attached hydrogens (tertiary/aromatic N) is 3. The zero-order chi connectivity index (χ0) is 10.1. The van der Waals surface area contributed by atoms with Gasteiger partial charge in [-0.05, 0) is 6.92 Å². The van der Waals surface area contributed by atoms with Gasteiger partial charge in [0, 0.05) is 13.5 Å². The number of aryl methyl sites for hydroxylation is 1. The van der Waals surface area contributed by atoms with Crippen LogP contribution in [0.25, 0.3) is 0 Å². The van der Waals surface area contributed by atoms with Crippen LogP contribution in [0.5, 0.6) is 0 Å². The van der Waals surface area contributed by atoms with Gasteiger partial charge in [0.05, 0.1) is 11.9 Å². The maximum atomic E-state index is 12.8. The van der Waals surface area contributed by atoms with Crippen LogP contribution in [-0.4, -0.2) is 20.9 Å². The molecule has 0 spiro atoms. The molecule has 0 saturated carbocycles. The van der Waals surface area contributed by atoms with Crippen molar-refractivity contribution < 1.29 is 8.78 Å². The zero-order valence-electron chi connectivity index (χ0n) is 7.54. The molecule has 13 heavy (non-hydrogen) atoms. The SMILES string of the molecule is CCn1nncc1C(N)C(C)(F)F. The Morgan fingerprint density at radius 1 is 1.69 bits per heavy atom. The van der Waals surface area contributed by atoms with Crippen molar-refractivity contribution in [3.8, 4) is 0 Å². The van der Waals surface area contributed by atoms with Gasteiger partial charge in [-0.2, -0.15) is 0 Å². The molecule has 0 aliphatic heterocycles. The fourth-order valence-electron chi connectivity index (χ4n) is 1.01. The van der Waals surface area contributed by atoms with Crippen LogP contribution in [0.1, 0.15) is 25.6 Å². The van der Waals surface area contributed by atoms with E-state index in [-0.39, 0.29) is 5.69 Å². The summed E-state index contributed by atoms with van der Waals surface area (Å²) in [4.78, 5) is 0. The van der Waals surface area contributed by atoms with E-state index in [1.54, 1.807) is 6.92 Å². The van der Waals surface area contributed by atoms with Crippen molar-refractivity contribution >= 4 is 0 Å². The molecular formula is C7H12F2N4. The lowest BCUT2D eigenvalue weighted by Gasteiger charge is -2.18. The van der Waals surface area contributed by atoms with Crippen LogP contribution >= 0.6 is 0 Å². The van der Waals surface area contributed by atoms with Crippen LogP contribution < -0.4 is 5.73 Å². The minimum absolute atomic E-state index is 0.259. The number of hydrogen-bond acceptors (Lipinski definition) is 3. The van der Waals surface area contributed by atoms with Gasteiger partial charge in [-0.3, -0.25) is 0 Å². The fraction of sp³-hybridized carbons (Fsp3) is 0.714. The molecular weight excluding hydrogens is 178 g/mol. The highest BCUT2D eigenvalue weighted by Crippen LogP contribution is 2.27. The average molecular weight is 190 g/mol. The highest BCUT2D eigenvalue weighted by Gasteiger charge is 2.34. The first-order valence-electron chi connectivity index (χ1n) is 3.98. The van der Waals surface area contributed by atoms with Crippen LogP contribution in [0.3, 0.4) is 0 Å². The van der Waals surface area contributed by atoms with Gasteiger partial charge in [0.1, 0.15) is 6.04 Å². The van der Waals surface area contributed by atoms with E-state index < -0.39 is 12.0 Å². The predicted octanol–water partition coefficient (Wildman–Crippen LogP) is 0.953. The fourth-order valence-corrected chi connectivity index (χ4v) is 1.01. The molecule has 0 amide bonds. The minimum atomic E-state index is -2.95. The van der Waals surface area contributed by atoms with Crippen LogP contribution in [0.4, 0.5) is 8.78 Å². The van der Waals surface area contributed by atoms with Crippen LogP contribution in [-0.2, 0) is 6.54 Å². The molecule has 0 aromatic carbocycles. The van der Waals surface area contributed by atoms with E-state index in [0.717, 1.165) is 6.92 Å². The summed E-state index contributed by atoms with van der Waals surface area (Å²) in [6.45, 7) is 3.06. The smallest absolute Gasteiger partial charge is 0.265 e. The molecule has 1 heterocycles. The van der Waals surface area contributed by atoms with Gasteiger partial charge < -0.3 is 5.73 Å². The largest absolute Gasteiger partial charge is 0.318 e. The second-order valence-corrected chi connectivity index (χ2v) is 2.91. The van der Waals surface area contributed by atoms with Crippen molar-refractivity contribution in [3.63, 3.8) is 0 Å². The number of alkyl halides is 2. The Labute approximate surface area is 74.7 Å². The Bertz CT molecular complexity index is 278. The Kier molecular flexibility index (Phi) is 2.60. The van der Waals surface area contributed by atoms with E-state index >= 15 is 0 Å². The van der Waals surface area contributed by atoms with Crippen molar-refractivity contribution in [2.75, 3.05) is 0 Å². The zero-order valence-corrected chi connectivity index (χ0v) is 7.54. The third kappa shape index (κ3) is 2.00. The molecule has 6 heteroatoms. The van der Waals surface area contributed by atoms with E-state index in [2.05, 4.69) is 10.3 Å². The number of aromatic nitrogens is 3. The van der Waals surface area contributed by atoms with Gasteiger partial charge in [0.15, 0.2) is 0 Å². The first kappa shape index (κ1) is 10.0. The van der Waals surface area contributed by atoms with Gasteiger partial charge in [-0.15, -0.1) is 5.10 Å². The lowest BCUT2D eigenvalue weighted by molar-refractivity contribution is -0.00877. The van der Waals surface area contributed by atoms with Crippen molar-refractivity contribution in [1.82, 2.24) is 15.0 Å². The molecule has 4 nitrogen and oxygen atoms in total. The molecule has 0 bridgehead atoms.